The lowest BCUT2D eigenvalue weighted by Gasteiger charge is -2.11. The van der Waals surface area contributed by atoms with E-state index in [0.717, 1.165) is 10.4 Å². The molecule has 0 radical (unpaired) electrons. The SMILES string of the molecule is O=C(Nc1cccc(-n2cnnn2)c1)/C(=C/c1cccs1)n1nnnc1-c1ccccc1. The van der Waals surface area contributed by atoms with Crippen molar-refractivity contribution in [3.05, 3.63) is 83.3 Å². The zero-order valence-corrected chi connectivity index (χ0v) is 17.3. The van der Waals surface area contributed by atoms with Crippen LogP contribution in [0.25, 0.3) is 28.8 Å². The van der Waals surface area contributed by atoms with E-state index in [1.807, 2.05) is 60.0 Å². The van der Waals surface area contributed by atoms with Gasteiger partial charge in [-0.15, -0.1) is 21.5 Å². The second-order valence-corrected chi connectivity index (χ2v) is 7.56. The Morgan fingerprint density at radius 2 is 1.88 bits per heavy atom. The lowest BCUT2D eigenvalue weighted by atomic mass is 10.2. The molecule has 5 rings (SSSR count). The van der Waals surface area contributed by atoms with Crippen LogP contribution in [0.5, 0.6) is 0 Å². The van der Waals surface area contributed by atoms with Gasteiger partial charge in [-0.05, 0) is 56.6 Å². The number of tetrazole rings is 2. The molecule has 0 bridgehead atoms. The van der Waals surface area contributed by atoms with Crippen LogP contribution in [0.15, 0.2) is 78.4 Å². The van der Waals surface area contributed by atoms with Crippen LogP contribution < -0.4 is 5.32 Å². The van der Waals surface area contributed by atoms with Crippen LogP contribution in [0.4, 0.5) is 5.69 Å². The molecule has 3 heterocycles. The predicted molar refractivity (Wildman–Crippen MR) is 120 cm³/mol. The Bertz CT molecular complexity index is 1360. The normalized spacial score (nSPS) is 11.4. The maximum absolute atomic E-state index is 13.4. The molecule has 0 atom stereocenters. The first-order valence-electron chi connectivity index (χ1n) is 9.52. The van der Waals surface area contributed by atoms with Crippen molar-refractivity contribution in [2.24, 2.45) is 0 Å². The van der Waals surface area contributed by atoms with Crippen molar-refractivity contribution < 1.29 is 4.79 Å². The van der Waals surface area contributed by atoms with Gasteiger partial charge in [-0.25, -0.2) is 4.68 Å². The fourth-order valence-corrected chi connectivity index (χ4v) is 3.70. The molecular weight excluding hydrogens is 426 g/mol. The number of aromatic nitrogens is 8. The average molecular weight is 441 g/mol. The largest absolute Gasteiger partial charge is 0.321 e. The van der Waals surface area contributed by atoms with Gasteiger partial charge >= 0.3 is 0 Å². The number of nitrogens with zero attached hydrogens (tertiary/aromatic N) is 8. The first-order valence-corrected chi connectivity index (χ1v) is 10.4. The number of benzene rings is 2. The Labute approximate surface area is 185 Å². The first-order chi connectivity index (χ1) is 15.8. The van der Waals surface area contributed by atoms with Crippen molar-refractivity contribution in [3.8, 4) is 17.1 Å². The molecule has 0 saturated carbocycles. The van der Waals surface area contributed by atoms with Gasteiger partial charge in [-0.1, -0.05) is 42.5 Å². The molecule has 10 nitrogen and oxygen atoms in total. The van der Waals surface area contributed by atoms with Crippen molar-refractivity contribution in [1.82, 2.24) is 40.4 Å². The molecule has 0 saturated heterocycles. The van der Waals surface area contributed by atoms with Crippen LogP contribution in [0, 0.1) is 0 Å². The van der Waals surface area contributed by atoms with Gasteiger partial charge in [0.1, 0.15) is 12.0 Å². The molecule has 0 aliphatic heterocycles. The summed E-state index contributed by atoms with van der Waals surface area (Å²) < 4.78 is 2.95. The van der Waals surface area contributed by atoms with Crippen LogP contribution in [0.3, 0.4) is 0 Å². The van der Waals surface area contributed by atoms with Gasteiger partial charge in [0.05, 0.1) is 5.69 Å². The fraction of sp³-hybridized carbons (Fsp3) is 0. The molecular formula is C21H15N9OS. The highest BCUT2D eigenvalue weighted by Gasteiger charge is 2.20. The van der Waals surface area contributed by atoms with Crippen molar-refractivity contribution in [2.45, 2.75) is 0 Å². The lowest BCUT2D eigenvalue weighted by Crippen LogP contribution is -2.19. The maximum atomic E-state index is 13.4. The van der Waals surface area contributed by atoms with E-state index in [9.17, 15) is 4.79 Å². The lowest BCUT2D eigenvalue weighted by molar-refractivity contribution is -0.111. The molecule has 0 aliphatic carbocycles. The maximum Gasteiger partial charge on any atom is 0.274 e. The molecule has 32 heavy (non-hydrogen) atoms. The van der Waals surface area contributed by atoms with Gasteiger partial charge < -0.3 is 5.32 Å². The van der Waals surface area contributed by atoms with Gasteiger partial charge in [0, 0.05) is 16.1 Å². The first kappa shape index (κ1) is 19.5. The summed E-state index contributed by atoms with van der Waals surface area (Å²) >= 11 is 1.51. The second kappa shape index (κ2) is 8.70. The van der Waals surface area contributed by atoms with E-state index in [1.54, 1.807) is 18.2 Å². The Kier molecular flexibility index (Phi) is 5.29. The Hall–Kier alpha value is -4.51. The van der Waals surface area contributed by atoms with Crippen LogP contribution in [0.2, 0.25) is 0 Å². The average Bonchev–Trinajstić information content (AvgIpc) is 3.61. The monoisotopic (exact) mass is 441 g/mol. The van der Waals surface area contributed by atoms with Crippen LogP contribution >= 0.6 is 11.3 Å². The van der Waals surface area contributed by atoms with Gasteiger partial charge in [0.15, 0.2) is 5.82 Å². The predicted octanol–water partition coefficient (Wildman–Crippen LogP) is 3.01. The Morgan fingerprint density at radius 1 is 0.969 bits per heavy atom. The summed E-state index contributed by atoms with van der Waals surface area (Å²) in [5, 5.41) is 28.1. The Balaban J connectivity index is 1.51. The summed E-state index contributed by atoms with van der Waals surface area (Å²) in [6, 6.07) is 20.5. The third-order valence-corrected chi connectivity index (χ3v) is 5.32. The smallest absolute Gasteiger partial charge is 0.274 e. The van der Waals surface area contributed by atoms with E-state index in [-0.39, 0.29) is 11.6 Å². The summed E-state index contributed by atoms with van der Waals surface area (Å²) in [4.78, 5) is 14.3. The fourth-order valence-electron chi connectivity index (χ4n) is 3.05. The van der Waals surface area contributed by atoms with Gasteiger partial charge in [0.2, 0.25) is 0 Å². The number of hydrogen-bond donors (Lipinski definition) is 1. The molecule has 0 spiro atoms. The van der Waals surface area contributed by atoms with E-state index in [4.69, 9.17) is 0 Å². The number of carbonyl (C=O) groups excluding carboxylic acids is 1. The minimum atomic E-state index is -0.364. The molecule has 2 aromatic carbocycles. The summed E-state index contributed by atoms with van der Waals surface area (Å²) in [6.45, 7) is 0. The topological polar surface area (TPSA) is 116 Å². The van der Waals surface area contributed by atoms with Crippen molar-refractivity contribution >= 4 is 34.7 Å². The van der Waals surface area contributed by atoms with Crippen molar-refractivity contribution in [1.29, 1.82) is 0 Å². The number of hydrogen-bond acceptors (Lipinski definition) is 8. The van der Waals surface area contributed by atoms with E-state index in [0.29, 0.717) is 17.2 Å². The molecule has 3 aromatic heterocycles. The van der Waals surface area contributed by atoms with Crippen LogP contribution in [0.1, 0.15) is 4.88 Å². The molecule has 0 aliphatic rings. The number of thiophene rings is 1. The highest BCUT2D eigenvalue weighted by Crippen LogP contribution is 2.23. The molecule has 11 heteroatoms. The zero-order valence-electron chi connectivity index (χ0n) is 16.5. The number of carbonyl (C=O) groups is 1. The second-order valence-electron chi connectivity index (χ2n) is 6.58. The third kappa shape index (κ3) is 4.04. The van der Waals surface area contributed by atoms with Crippen molar-refractivity contribution in [3.63, 3.8) is 0 Å². The van der Waals surface area contributed by atoms with E-state index in [1.165, 1.54) is 27.0 Å². The number of amides is 1. The molecule has 0 fully saturated rings. The van der Waals surface area contributed by atoms with Crippen molar-refractivity contribution in [2.75, 3.05) is 5.32 Å². The van der Waals surface area contributed by atoms with Gasteiger partial charge in [0.25, 0.3) is 5.91 Å². The minimum absolute atomic E-state index is 0.282. The van der Waals surface area contributed by atoms with Gasteiger partial charge in [-0.2, -0.15) is 4.68 Å². The molecule has 1 amide bonds. The van der Waals surface area contributed by atoms with Crippen LogP contribution in [-0.4, -0.2) is 46.3 Å². The highest BCUT2D eigenvalue weighted by atomic mass is 32.1. The summed E-state index contributed by atoms with van der Waals surface area (Å²) in [5.41, 5.74) is 2.37. The van der Waals surface area contributed by atoms with Crippen LogP contribution in [-0.2, 0) is 4.79 Å². The highest BCUT2D eigenvalue weighted by molar-refractivity contribution is 7.10. The zero-order chi connectivity index (χ0) is 21.8. The number of anilines is 1. The van der Waals surface area contributed by atoms with E-state index < -0.39 is 0 Å². The Morgan fingerprint density at radius 3 is 2.66 bits per heavy atom. The third-order valence-electron chi connectivity index (χ3n) is 4.50. The van der Waals surface area contributed by atoms with E-state index >= 15 is 0 Å². The standard InChI is InChI=1S/C21H15N9OS/c31-21(23-16-8-4-9-17(12-16)29-14-22-25-27-29)19(13-18-10-5-11-32-18)30-20(24-26-28-30)15-6-2-1-3-7-15/h1-14H,(H,23,31)/b19-13-. The minimum Gasteiger partial charge on any atom is -0.321 e. The molecule has 0 unspecified atom stereocenters. The number of rotatable bonds is 6. The molecule has 5 aromatic rings. The van der Waals surface area contributed by atoms with E-state index in [2.05, 4.69) is 36.4 Å². The number of nitrogens with one attached hydrogen (secondary N) is 1. The quantitative estimate of drug-likeness (QED) is 0.403. The summed E-state index contributed by atoms with van der Waals surface area (Å²) in [7, 11) is 0. The summed E-state index contributed by atoms with van der Waals surface area (Å²) in [6.07, 6.45) is 3.24. The van der Waals surface area contributed by atoms with Gasteiger partial charge in [-0.3, -0.25) is 4.79 Å². The summed E-state index contributed by atoms with van der Waals surface area (Å²) in [5.74, 6) is 0.0998. The molecule has 1 N–H and O–H groups in total. The molecule has 156 valence electrons.